The van der Waals surface area contributed by atoms with E-state index in [1.54, 1.807) is 0 Å². The molecule has 0 saturated carbocycles. The monoisotopic (exact) mass is 294 g/mol. The van der Waals surface area contributed by atoms with Crippen molar-refractivity contribution in [1.29, 1.82) is 0 Å². The highest BCUT2D eigenvalue weighted by Gasteiger charge is 2.12. The third-order valence-corrected chi connectivity index (χ3v) is 4.41. The Morgan fingerprint density at radius 2 is 1.14 bits per heavy atom. The zero-order chi connectivity index (χ0) is 16.1. The molecule has 21 heavy (non-hydrogen) atoms. The van der Waals surface area contributed by atoms with E-state index in [1.165, 1.54) is 51.4 Å². The summed E-state index contributed by atoms with van der Waals surface area (Å²) in [6.07, 6.45) is 12.1. The first-order valence-corrected chi connectivity index (χ1v) is 9.10. The van der Waals surface area contributed by atoms with Crippen LogP contribution in [0.5, 0.6) is 0 Å². The molecule has 0 bridgehead atoms. The van der Waals surface area contributed by atoms with Crippen molar-refractivity contribution in [2.24, 2.45) is 11.8 Å². The van der Waals surface area contributed by atoms with Crippen LogP contribution in [-0.2, 0) is 4.74 Å². The van der Waals surface area contributed by atoms with E-state index >= 15 is 0 Å². The average molecular weight is 295 g/mol. The van der Waals surface area contributed by atoms with Gasteiger partial charge in [-0.2, -0.15) is 0 Å². The van der Waals surface area contributed by atoms with Crippen LogP contribution in [0, 0.1) is 11.8 Å². The van der Waals surface area contributed by atoms with E-state index in [0.29, 0.717) is 11.8 Å². The van der Waals surface area contributed by atoms with Crippen molar-refractivity contribution >= 4 is 0 Å². The highest BCUT2D eigenvalue weighted by molar-refractivity contribution is 4.95. The Balaban J connectivity index is 4.08. The first-order valence-electron chi connectivity index (χ1n) is 9.10. The number of unbranched alkanes of at least 4 members (excludes halogenated alkanes) is 2. The molecule has 0 heterocycles. The van der Waals surface area contributed by atoms with Gasteiger partial charge in [-0.1, -0.05) is 92.2 Å². The highest BCUT2D eigenvalue weighted by atomic mass is 16.5. The van der Waals surface area contributed by atoms with Crippen LogP contribution in [0.15, 0.2) is 24.7 Å². The van der Waals surface area contributed by atoms with E-state index in [2.05, 4.69) is 40.9 Å². The smallest absolute Gasteiger partial charge is 0.0967 e. The molecular formula is C20H38O. The van der Waals surface area contributed by atoms with Gasteiger partial charge in [-0.3, -0.25) is 0 Å². The summed E-state index contributed by atoms with van der Waals surface area (Å²) in [5, 5.41) is 0. The van der Waals surface area contributed by atoms with Gasteiger partial charge >= 0.3 is 0 Å². The standard InChI is InChI=1S/C20H38O/c1-7-11-13-19(9-3)15-17(5)21-18(6)16-20(10-4)14-12-8-2/h19-20H,5-16H2,1-4H3. The zero-order valence-corrected chi connectivity index (χ0v) is 15.0. The maximum atomic E-state index is 5.89. The molecule has 2 unspecified atom stereocenters. The molecule has 0 amide bonds. The molecule has 0 aliphatic carbocycles. The molecule has 0 saturated heterocycles. The lowest BCUT2D eigenvalue weighted by molar-refractivity contribution is 0.239. The van der Waals surface area contributed by atoms with Crippen LogP contribution in [0.2, 0.25) is 0 Å². The molecule has 0 fully saturated rings. The van der Waals surface area contributed by atoms with E-state index < -0.39 is 0 Å². The van der Waals surface area contributed by atoms with Gasteiger partial charge in [0.2, 0.25) is 0 Å². The summed E-state index contributed by atoms with van der Waals surface area (Å²) < 4.78 is 5.89. The van der Waals surface area contributed by atoms with E-state index in [0.717, 1.165) is 24.4 Å². The van der Waals surface area contributed by atoms with Crippen molar-refractivity contribution in [1.82, 2.24) is 0 Å². The van der Waals surface area contributed by atoms with E-state index in [4.69, 9.17) is 4.74 Å². The molecule has 0 aromatic carbocycles. The topological polar surface area (TPSA) is 9.23 Å². The Morgan fingerprint density at radius 1 is 0.762 bits per heavy atom. The van der Waals surface area contributed by atoms with E-state index in [1.807, 2.05) is 0 Å². The third-order valence-electron chi connectivity index (χ3n) is 4.41. The number of allylic oxidation sites excluding steroid dienone is 2. The van der Waals surface area contributed by atoms with Crippen molar-refractivity contribution in [3.63, 3.8) is 0 Å². The van der Waals surface area contributed by atoms with Crippen LogP contribution >= 0.6 is 0 Å². The average Bonchev–Trinajstić information content (AvgIpc) is 2.47. The second kappa shape index (κ2) is 13.0. The van der Waals surface area contributed by atoms with Crippen LogP contribution in [0.25, 0.3) is 0 Å². The zero-order valence-electron chi connectivity index (χ0n) is 15.0. The van der Waals surface area contributed by atoms with Crippen molar-refractivity contribution in [2.45, 2.75) is 91.9 Å². The molecule has 0 radical (unpaired) electrons. The molecular weight excluding hydrogens is 256 g/mol. The van der Waals surface area contributed by atoms with E-state index in [-0.39, 0.29) is 0 Å². The van der Waals surface area contributed by atoms with Gasteiger partial charge in [0.25, 0.3) is 0 Å². The molecule has 1 heteroatoms. The Kier molecular flexibility index (Phi) is 12.5. The molecule has 0 rings (SSSR count). The van der Waals surface area contributed by atoms with Crippen molar-refractivity contribution in [3.05, 3.63) is 24.7 Å². The van der Waals surface area contributed by atoms with Crippen LogP contribution in [-0.4, -0.2) is 0 Å². The van der Waals surface area contributed by atoms with Gasteiger partial charge < -0.3 is 4.74 Å². The Labute approximate surface area is 133 Å². The minimum absolute atomic E-state index is 0.715. The van der Waals surface area contributed by atoms with Gasteiger partial charge in [0, 0.05) is 12.8 Å². The lowest BCUT2D eigenvalue weighted by Gasteiger charge is -2.20. The molecule has 0 N–H and O–H groups in total. The first-order chi connectivity index (χ1) is 10.1. The molecule has 0 aromatic rings. The molecule has 1 nitrogen and oxygen atoms in total. The molecule has 2 atom stereocenters. The summed E-state index contributed by atoms with van der Waals surface area (Å²) >= 11 is 0. The molecule has 0 aromatic heterocycles. The number of rotatable bonds is 14. The Hall–Kier alpha value is -0.720. The van der Waals surface area contributed by atoms with Gasteiger partial charge in [0.05, 0.1) is 11.5 Å². The SMILES string of the molecule is C=C(CC(CC)CCCC)OC(=C)CC(CC)CCCC. The number of hydrogen-bond acceptors (Lipinski definition) is 1. The summed E-state index contributed by atoms with van der Waals surface area (Å²) in [5.41, 5.74) is 0. The predicted octanol–water partition coefficient (Wildman–Crippen LogP) is 7.24. The predicted molar refractivity (Wildman–Crippen MR) is 95.2 cm³/mol. The number of ether oxygens (including phenoxy) is 1. The lowest BCUT2D eigenvalue weighted by atomic mass is 9.94. The fourth-order valence-electron chi connectivity index (χ4n) is 2.82. The van der Waals surface area contributed by atoms with Gasteiger partial charge in [0.15, 0.2) is 0 Å². The Morgan fingerprint density at radius 3 is 1.43 bits per heavy atom. The minimum Gasteiger partial charge on any atom is -0.467 e. The maximum Gasteiger partial charge on any atom is 0.0967 e. The fraction of sp³-hybridized carbons (Fsp3) is 0.800. The van der Waals surface area contributed by atoms with Crippen LogP contribution < -0.4 is 0 Å². The Bertz CT molecular complexity index is 252. The summed E-state index contributed by atoms with van der Waals surface area (Å²) in [5.74, 6) is 3.25. The van der Waals surface area contributed by atoms with Crippen LogP contribution in [0.1, 0.15) is 91.9 Å². The quantitative estimate of drug-likeness (QED) is 0.307. The van der Waals surface area contributed by atoms with Crippen LogP contribution in [0.3, 0.4) is 0 Å². The first kappa shape index (κ1) is 20.3. The van der Waals surface area contributed by atoms with Crippen LogP contribution in [0.4, 0.5) is 0 Å². The molecule has 0 aliphatic rings. The van der Waals surface area contributed by atoms with Gasteiger partial charge in [0.1, 0.15) is 0 Å². The third kappa shape index (κ3) is 10.6. The van der Waals surface area contributed by atoms with Gasteiger partial charge in [-0.15, -0.1) is 0 Å². The summed E-state index contributed by atoms with van der Waals surface area (Å²) in [6.45, 7) is 17.2. The fourth-order valence-corrected chi connectivity index (χ4v) is 2.82. The normalized spacial score (nSPS) is 13.7. The lowest BCUT2D eigenvalue weighted by Crippen LogP contribution is -2.05. The molecule has 0 spiro atoms. The van der Waals surface area contributed by atoms with E-state index in [9.17, 15) is 0 Å². The van der Waals surface area contributed by atoms with Gasteiger partial charge in [-0.05, 0) is 11.8 Å². The molecule has 0 aliphatic heterocycles. The van der Waals surface area contributed by atoms with Crippen molar-refractivity contribution < 1.29 is 4.74 Å². The minimum atomic E-state index is 0.715. The van der Waals surface area contributed by atoms with Gasteiger partial charge in [-0.25, -0.2) is 0 Å². The second-order valence-electron chi connectivity index (χ2n) is 6.42. The summed E-state index contributed by atoms with van der Waals surface area (Å²) in [6, 6.07) is 0. The number of hydrogen-bond donors (Lipinski definition) is 0. The highest BCUT2D eigenvalue weighted by Crippen LogP contribution is 2.26. The second-order valence-corrected chi connectivity index (χ2v) is 6.42. The largest absolute Gasteiger partial charge is 0.467 e. The maximum absolute atomic E-state index is 5.89. The van der Waals surface area contributed by atoms with Crippen molar-refractivity contribution in [2.75, 3.05) is 0 Å². The molecule has 124 valence electrons. The van der Waals surface area contributed by atoms with Crippen molar-refractivity contribution in [3.8, 4) is 0 Å². The summed E-state index contributed by atoms with van der Waals surface area (Å²) in [4.78, 5) is 0. The summed E-state index contributed by atoms with van der Waals surface area (Å²) in [7, 11) is 0.